The van der Waals surface area contributed by atoms with E-state index in [1.807, 2.05) is 45.0 Å². The lowest BCUT2D eigenvalue weighted by molar-refractivity contribution is -0.138. The van der Waals surface area contributed by atoms with Crippen LogP contribution in [0.4, 0.5) is 5.69 Å². The van der Waals surface area contributed by atoms with Crippen LogP contribution in [0.2, 0.25) is 0 Å². The number of methoxy groups -OCH3 is 1. The zero-order chi connectivity index (χ0) is 15.2. The molecule has 0 spiro atoms. The molecule has 1 aromatic carbocycles. The number of nitrogens with zero attached hydrogens (tertiary/aromatic N) is 1. The summed E-state index contributed by atoms with van der Waals surface area (Å²) in [4.78, 5) is 14.6. The van der Waals surface area contributed by atoms with Gasteiger partial charge in [-0.15, -0.1) is 0 Å². The van der Waals surface area contributed by atoms with Crippen LogP contribution in [-0.4, -0.2) is 31.7 Å². The van der Waals surface area contributed by atoms with Gasteiger partial charge in [-0.2, -0.15) is 0 Å². The number of rotatable bonds is 7. The Hall–Kier alpha value is -1.39. The van der Waals surface area contributed by atoms with Crippen molar-refractivity contribution < 1.29 is 9.53 Å². The molecular weight excluding hydrogens is 252 g/mol. The Labute approximate surface area is 121 Å². The van der Waals surface area contributed by atoms with Crippen LogP contribution < -0.4 is 10.6 Å². The van der Waals surface area contributed by atoms with Crippen LogP contribution in [0.1, 0.15) is 32.3 Å². The van der Waals surface area contributed by atoms with Gasteiger partial charge < -0.3 is 15.4 Å². The van der Waals surface area contributed by atoms with Crippen molar-refractivity contribution in [3.63, 3.8) is 0 Å². The smallest absolute Gasteiger partial charge is 0.258 e. The number of anilines is 1. The summed E-state index contributed by atoms with van der Waals surface area (Å²) in [6, 6.07) is 7.89. The van der Waals surface area contributed by atoms with E-state index in [4.69, 9.17) is 10.5 Å². The van der Waals surface area contributed by atoms with Crippen LogP contribution in [0.15, 0.2) is 24.3 Å². The molecule has 4 heteroatoms. The monoisotopic (exact) mass is 278 g/mol. The van der Waals surface area contributed by atoms with Crippen molar-refractivity contribution in [1.82, 2.24) is 0 Å². The molecule has 1 amide bonds. The zero-order valence-electron chi connectivity index (χ0n) is 13.0. The van der Waals surface area contributed by atoms with Crippen LogP contribution in [0.3, 0.4) is 0 Å². The minimum atomic E-state index is -0.795. The van der Waals surface area contributed by atoms with Crippen LogP contribution >= 0.6 is 0 Å². The molecular formula is C16H26N2O2. The first kappa shape index (κ1) is 16.7. The summed E-state index contributed by atoms with van der Waals surface area (Å²) in [5.41, 5.74) is 6.81. The summed E-state index contributed by atoms with van der Waals surface area (Å²) >= 11 is 0. The molecule has 0 aromatic heterocycles. The van der Waals surface area contributed by atoms with Crippen LogP contribution in [0.5, 0.6) is 0 Å². The number of carbonyl (C=O) groups is 1. The molecule has 1 atom stereocenters. The second-order valence-corrected chi connectivity index (χ2v) is 5.17. The summed E-state index contributed by atoms with van der Waals surface area (Å²) in [5, 5.41) is 0. The summed E-state index contributed by atoms with van der Waals surface area (Å²) in [7, 11) is 1.58. The normalized spacial score (nSPS) is 13.8. The largest absolute Gasteiger partial charge is 0.369 e. The van der Waals surface area contributed by atoms with Crippen LogP contribution in [0.25, 0.3) is 0 Å². The number of ether oxygens (including phenoxy) is 1. The predicted octanol–water partition coefficient (Wildman–Crippen LogP) is 2.49. The maximum atomic E-state index is 12.8. The molecule has 0 bridgehead atoms. The molecule has 1 rings (SSSR count). The second-order valence-electron chi connectivity index (χ2n) is 5.17. The van der Waals surface area contributed by atoms with E-state index in [-0.39, 0.29) is 5.91 Å². The minimum Gasteiger partial charge on any atom is -0.369 e. The van der Waals surface area contributed by atoms with Gasteiger partial charge >= 0.3 is 0 Å². The van der Waals surface area contributed by atoms with Gasteiger partial charge in [0.05, 0.1) is 0 Å². The highest BCUT2D eigenvalue weighted by atomic mass is 16.5. The van der Waals surface area contributed by atoms with E-state index in [2.05, 4.69) is 0 Å². The highest BCUT2D eigenvalue weighted by molar-refractivity contribution is 5.99. The molecule has 0 fully saturated rings. The molecule has 2 N–H and O–H groups in total. The lowest BCUT2D eigenvalue weighted by atomic mass is 10.00. The van der Waals surface area contributed by atoms with Crippen LogP contribution in [-0.2, 0) is 9.53 Å². The van der Waals surface area contributed by atoms with Crippen molar-refractivity contribution in [3.05, 3.63) is 29.8 Å². The maximum absolute atomic E-state index is 12.8. The Bertz CT molecular complexity index is 442. The van der Waals surface area contributed by atoms with Gasteiger partial charge in [0.15, 0.2) is 0 Å². The van der Waals surface area contributed by atoms with E-state index in [1.54, 1.807) is 12.0 Å². The fraction of sp³-hybridized carbons (Fsp3) is 0.562. The molecule has 0 aliphatic heterocycles. The molecule has 1 aromatic rings. The third-order valence-electron chi connectivity index (χ3n) is 3.81. The Morgan fingerprint density at radius 1 is 1.40 bits per heavy atom. The van der Waals surface area contributed by atoms with Gasteiger partial charge in [0.25, 0.3) is 5.91 Å². The fourth-order valence-corrected chi connectivity index (χ4v) is 2.12. The molecule has 0 saturated carbocycles. The number of para-hydroxylation sites is 1. The van der Waals surface area contributed by atoms with Gasteiger partial charge in [0.2, 0.25) is 0 Å². The van der Waals surface area contributed by atoms with E-state index < -0.39 is 5.60 Å². The Morgan fingerprint density at radius 3 is 2.55 bits per heavy atom. The van der Waals surface area contributed by atoms with Gasteiger partial charge in [0.1, 0.15) is 5.60 Å². The minimum absolute atomic E-state index is 0.00903. The average Bonchev–Trinajstić information content (AvgIpc) is 2.48. The van der Waals surface area contributed by atoms with Crippen molar-refractivity contribution in [1.29, 1.82) is 0 Å². The number of nitrogens with two attached hydrogens (primary N) is 1. The first-order chi connectivity index (χ1) is 9.50. The van der Waals surface area contributed by atoms with Crippen molar-refractivity contribution in [2.75, 3.05) is 25.1 Å². The van der Waals surface area contributed by atoms with E-state index in [0.717, 1.165) is 17.7 Å². The fourth-order valence-electron chi connectivity index (χ4n) is 2.12. The van der Waals surface area contributed by atoms with Gasteiger partial charge in [-0.3, -0.25) is 4.79 Å². The summed E-state index contributed by atoms with van der Waals surface area (Å²) in [6.07, 6.45) is 1.40. The molecule has 112 valence electrons. The predicted molar refractivity (Wildman–Crippen MR) is 82.9 cm³/mol. The maximum Gasteiger partial charge on any atom is 0.258 e. The Balaban J connectivity index is 3.13. The molecule has 4 nitrogen and oxygen atoms in total. The molecule has 0 aliphatic carbocycles. The van der Waals surface area contributed by atoms with Crippen molar-refractivity contribution >= 4 is 11.6 Å². The van der Waals surface area contributed by atoms with Crippen molar-refractivity contribution in [2.45, 2.75) is 39.2 Å². The Morgan fingerprint density at radius 2 is 2.05 bits per heavy atom. The van der Waals surface area contributed by atoms with E-state index in [9.17, 15) is 4.79 Å². The first-order valence-electron chi connectivity index (χ1n) is 7.13. The molecule has 0 radical (unpaired) electrons. The van der Waals surface area contributed by atoms with Crippen molar-refractivity contribution in [2.24, 2.45) is 5.73 Å². The molecule has 0 saturated heterocycles. The number of benzene rings is 1. The summed E-state index contributed by atoms with van der Waals surface area (Å²) in [5.74, 6) is -0.00903. The summed E-state index contributed by atoms with van der Waals surface area (Å²) < 4.78 is 5.45. The second kappa shape index (κ2) is 7.41. The number of carbonyl (C=O) groups excluding carboxylic acids is 1. The van der Waals surface area contributed by atoms with Gasteiger partial charge in [-0.25, -0.2) is 0 Å². The average molecular weight is 278 g/mol. The van der Waals surface area contributed by atoms with Gasteiger partial charge in [-0.05, 0) is 44.9 Å². The number of hydrogen-bond donors (Lipinski definition) is 1. The molecule has 0 heterocycles. The number of hydrogen-bond acceptors (Lipinski definition) is 3. The first-order valence-corrected chi connectivity index (χ1v) is 7.13. The Kier molecular flexibility index (Phi) is 6.17. The summed E-state index contributed by atoms with van der Waals surface area (Å²) in [6.45, 7) is 6.97. The highest BCUT2D eigenvalue weighted by Crippen LogP contribution is 2.25. The van der Waals surface area contributed by atoms with E-state index in [0.29, 0.717) is 19.5 Å². The highest BCUT2D eigenvalue weighted by Gasteiger charge is 2.35. The SMILES string of the molecule is CCC(C)(OC)C(=O)N(CCCN)c1ccccc1C. The third-order valence-corrected chi connectivity index (χ3v) is 3.81. The lowest BCUT2D eigenvalue weighted by Gasteiger charge is -2.33. The van der Waals surface area contributed by atoms with Gasteiger partial charge in [-0.1, -0.05) is 25.1 Å². The zero-order valence-corrected chi connectivity index (χ0v) is 13.0. The molecule has 1 unspecified atom stereocenters. The van der Waals surface area contributed by atoms with E-state index in [1.165, 1.54) is 0 Å². The van der Waals surface area contributed by atoms with E-state index >= 15 is 0 Å². The topological polar surface area (TPSA) is 55.6 Å². The molecule has 0 aliphatic rings. The third kappa shape index (κ3) is 3.58. The van der Waals surface area contributed by atoms with Crippen molar-refractivity contribution in [3.8, 4) is 0 Å². The molecule has 20 heavy (non-hydrogen) atoms. The lowest BCUT2D eigenvalue weighted by Crippen LogP contribution is -2.49. The standard InChI is InChI=1S/C16H26N2O2/c1-5-16(3,20-4)15(19)18(12-8-11-17)14-10-7-6-9-13(14)2/h6-7,9-10H,5,8,11-12,17H2,1-4H3. The number of aryl methyl sites for hydroxylation is 1. The quantitative estimate of drug-likeness (QED) is 0.833. The van der Waals surface area contributed by atoms with Gasteiger partial charge in [0, 0.05) is 19.3 Å². The van der Waals surface area contributed by atoms with Crippen LogP contribution in [0, 0.1) is 6.92 Å². The number of amides is 1.